The van der Waals surface area contributed by atoms with E-state index in [2.05, 4.69) is 24.6 Å². The molecule has 3 fully saturated rings. The van der Waals surface area contributed by atoms with Crippen LogP contribution in [0.1, 0.15) is 55.8 Å². The van der Waals surface area contributed by atoms with Gasteiger partial charge in [0.25, 0.3) is 0 Å². The monoisotopic (exact) mass is 509 g/mol. The molecule has 0 radical (unpaired) electrons. The van der Waals surface area contributed by atoms with Crippen LogP contribution in [0.4, 0.5) is 18.9 Å². The van der Waals surface area contributed by atoms with E-state index in [-0.39, 0.29) is 6.10 Å². The van der Waals surface area contributed by atoms with Crippen LogP contribution in [0.5, 0.6) is 0 Å². The van der Waals surface area contributed by atoms with E-state index in [0.29, 0.717) is 17.9 Å². The lowest BCUT2D eigenvalue weighted by Gasteiger charge is -2.27. The molecule has 0 bridgehead atoms. The van der Waals surface area contributed by atoms with Crippen LogP contribution in [-0.4, -0.2) is 68.8 Å². The highest BCUT2D eigenvalue weighted by atomic mass is 32.2. The third-order valence-electron chi connectivity index (χ3n) is 7.93. The Kier molecular flexibility index (Phi) is 7.33. The Balaban J connectivity index is 1.08. The van der Waals surface area contributed by atoms with Crippen molar-refractivity contribution in [3.63, 3.8) is 0 Å². The van der Waals surface area contributed by atoms with Gasteiger partial charge in [0.1, 0.15) is 5.82 Å². The van der Waals surface area contributed by atoms with Crippen LogP contribution in [0.25, 0.3) is 0 Å². The van der Waals surface area contributed by atoms with Gasteiger partial charge in [-0.3, -0.25) is 0 Å². The number of nitrogens with zero attached hydrogens (tertiary/aromatic N) is 5. The molecule has 3 heterocycles. The van der Waals surface area contributed by atoms with E-state index in [4.69, 9.17) is 0 Å². The first kappa shape index (κ1) is 24.9. The molecule has 1 aliphatic carbocycles. The predicted octanol–water partition coefficient (Wildman–Crippen LogP) is 4.55. The van der Waals surface area contributed by atoms with Crippen LogP contribution in [0.3, 0.4) is 0 Å². The summed E-state index contributed by atoms with van der Waals surface area (Å²) in [6.45, 7) is 3.97. The molecule has 0 amide bonds. The van der Waals surface area contributed by atoms with Gasteiger partial charge in [-0.05, 0) is 75.3 Å². The first-order valence-electron chi connectivity index (χ1n) is 12.7. The summed E-state index contributed by atoms with van der Waals surface area (Å²) in [7, 11) is 2.04. The number of rotatable bonds is 7. The van der Waals surface area contributed by atoms with Gasteiger partial charge >= 0.3 is 6.18 Å². The molecule has 1 aromatic heterocycles. The molecule has 10 heteroatoms. The van der Waals surface area contributed by atoms with E-state index in [0.717, 1.165) is 87.1 Å². The predicted molar refractivity (Wildman–Crippen MR) is 131 cm³/mol. The Morgan fingerprint density at radius 3 is 2.49 bits per heavy atom. The first-order valence-corrected chi connectivity index (χ1v) is 13.6. The second-order valence-corrected chi connectivity index (χ2v) is 11.3. The van der Waals surface area contributed by atoms with Gasteiger partial charge in [-0.15, -0.1) is 10.2 Å². The molecule has 2 aliphatic heterocycles. The summed E-state index contributed by atoms with van der Waals surface area (Å²) in [5.74, 6) is 2.99. The Labute approximate surface area is 208 Å². The van der Waals surface area contributed by atoms with Crippen molar-refractivity contribution in [2.24, 2.45) is 13.0 Å². The highest BCUT2D eigenvalue weighted by molar-refractivity contribution is 7.99. The number of likely N-dealkylation sites (tertiary alicyclic amines) is 1. The lowest BCUT2D eigenvalue weighted by molar-refractivity contribution is -0.137. The van der Waals surface area contributed by atoms with Crippen LogP contribution in [0, 0.1) is 5.92 Å². The third kappa shape index (κ3) is 5.49. The molecule has 2 aromatic rings. The number of benzene rings is 1. The molecular weight excluding hydrogens is 475 g/mol. The van der Waals surface area contributed by atoms with Crippen molar-refractivity contribution in [1.82, 2.24) is 19.7 Å². The molecule has 2 saturated heterocycles. The second-order valence-electron chi connectivity index (χ2n) is 10.2. The molecule has 192 valence electrons. The fraction of sp³-hybridized carbons (Fsp3) is 0.680. The molecule has 35 heavy (non-hydrogen) atoms. The van der Waals surface area contributed by atoms with E-state index >= 15 is 0 Å². The normalized spacial score (nSPS) is 27.5. The van der Waals surface area contributed by atoms with Gasteiger partial charge in [0.05, 0.1) is 11.7 Å². The number of hydrogen-bond acceptors (Lipinski definition) is 6. The summed E-state index contributed by atoms with van der Waals surface area (Å²) >= 11 is 1.75. The van der Waals surface area contributed by atoms with Gasteiger partial charge in [-0.25, -0.2) is 0 Å². The quantitative estimate of drug-likeness (QED) is 0.437. The molecule has 0 unspecified atom stereocenters. The Morgan fingerprint density at radius 1 is 1.03 bits per heavy atom. The highest BCUT2D eigenvalue weighted by Crippen LogP contribution is 2.37. The minimum atomic E-state index is -4.29. The Hall–Kier alpha value is -1.78. The summed E-state index contributed by atoms with van der Waals surface area (Å²) in [5.41, 5.74) is 0.309. The third-order valence-corrected chi connectivity index (χ3v) is 9.04. The zero-order valence-corrected chi connectivity index (χ0v) is 20.9. The zero-order chi connectivity index (χ0) is 24.6. The highest BCUT2D eigenvalue weighted by Gasteiger charge is 2.41. The fourth-order valence-corrected chi connectivity index (χ4v) is 6.83. The number of fused-ring (bicyclic) bond motifs is 1. The lowest BCUT2D eigenvalue weighted by Crippen LogP contribution is -2.35. The minimum Gasteiger partial charge on any atom is -0.393 e. The number of aliphatic hydroxyl groups excluding tert-OH is 1. The van der Waals surface area contributed by atoms with E-state index in [1.54, 1.807) is 23.9 Å². The van der Waals surface area contributed by atoms with Gasteiger partial charge in [-0.2, -0.15) is 13.2 Å². The van der Waals surface area contributed by atoms with Crippen molar-refractivity contribution >= 4 is 17.4 Å². The van der Waals surface area contributed by atoms with Crippen LogP contribution in [-0.2, 0) is 13.2 Å². The van der Waals surface area contributed by atoms with Crippen LogP contribution < -0.4 is 4.90 Å². The van der Waals surface area contributed by atoms with Gasteiger partial charge in [0.2, 0.25) is 0 Å². The second kappa shape index (κ2) is 10.3. The zero-order valence-electron chi connectivity index (χ0n) is 20.1. The number of hydrogen-bond donors (Lipinski definition) is 1. The molecule has 2 atom stereocenters. The van der Waals surface area contributed by atoms with Crippen molar-refractivity contribution < 1.29 is 18.3 Å². The number of thioether (sulfide) groups is 1. The van der Waals surface area contributed by atoms with Crippen molar-refractivity contribution in [1.29, 1.82) is 0 Å². The number of alkyl halides is 3. The van der Waals surface area contributed by atoms with Crippen molar-refractivity contribution in [3.05, 3.63) is 35.7 Å². The number of anilines is 1. The van der Waals surface area contributed by atoms with Gasteiger partial charge in [0.15, 0.2) is 5.16 Å². The number of halogens is 3. The Bertz CT molecular complexity index is 990. The molecule has 1 N–H and O–H groups in total. The molecule has 0 spiro atoms. The first-order chi connectivity index (χ1) is 16.8. The van der Waals surface area contributed by atoms with Gasteiger partial charge < -0.3 is 19.5 Å². The van der Waals surface area contributed by atoms with Gasteiger partial charge in [-0.1, -0.05) is 11.8 Å². The number of aliphatic hydroxyl groups is 1. The standard InChI is InChI=1S/C25H34F3N5OS/c1-31-23(17-3-9-21(34)10-4-17)29-30-24(31)35-14-2-12-32-15-18-11-13-33(22(18)16-32)20-7-5-19(6-8-20)25(26,27)28/h5-8,17-18,21-22,34H,2-4,9-16H2,1H3/t17?,18-,21?,22+/m0/s1. The smallest absolute Gasteiger partial charge is 0.393 e. The summed E-state index contributed by atoms with van der Waals surface area (Å²) < 4.78 is 40.8. The van der Waals surface area contributed by atoms with Crippen molar-refractivity contribution in [3.8, 4) is 0 Å². The largest absolute Gasteiger partial charge is 0.416 e. The topological polar surface area (TPSA) is 57.4 Å². The average molecular weight is 510 g/mol. The van der Waals surface area contributed by atoms with E-state index in [9.17, 15) is 18.3 Å². The minimum absolute atomic E-state index is 0.166. The maximum absolute atomic E-state index is 12.9. The van der Waals surface area contributed by atoms with Crippen LogP contribution >= 0.6 is 11.8 Å². The molecule has 1 aromatic carbocycles. The maximum Gasteiger partial charge on any atom is 0.416 e. The molecule has 6 nitrogen and oxygen atoms in total. The SMILES string of the molecule is Cn1c(SCCCN2C[C@@H]3CCN(c4ccc(C(F)(F)F)cc4)[C@@H]3C2)nnc1C1CCC(O)CC1. The Morgan fingerprint density at radius 2 is 1.77 bits per heavy atom. The van der Waals surface area contributed by atoms with Gasteiger partial charge in [0, 0.05) is 50.1 Å². The molecular formula is C25H34F3N5OS. The van der Waals surface area contributed by atoms with Crippen LogP contribution in [0.2, 0.25) is 0 Å². The van der Waals surface area contributed by atoms with Crippen LogP contribution in [0.15, 0.2) is 29.4 Å². The van der Waals surface area contributed by atoms with Crippen molar-refractivity contribution in [2.75, 3.05) is 36.8 Å². The summed E-state index contributed by atoms with van der Waals surface area (Å²) in [5, 5.41) is 19.6. The summed E-state index contributed by atoms with van der Waals surface area (Å²) in [6, 6.07) is 6.02. The average Bonchev–Trinajstić information content (AvgIpc) is 3.51. The lowest BCUT2D eigenvalue weighted by atomic mass is 9.87. The molecule has 1 saturated carbocycles. The summed E-state index contributed by atoms with van der Waals surface area (Å²) in [6.07, 6.45) is 1.32. The molecule has 3 aliphatic rings. The number of aromatic nitrogens is 3. The maximum atomic E-state index is 12.9. The van der Waals surface area contributed by atoms with E-state index < -0.39 is 11.7 Å². The summed E-state index contributed by atoms with van der Waals surface area (Å²) in [4.78, 5) is 4.80. The van der Waals surface area contributed by atoms with E-state index in [1.807, 2.05) is 7.05 Å². The molecule has 5 rings (SSSR count). The van der Waals surface area contributed by atoms with Crippen molar-refractivity contribution in [2.45, 2.75) is 67.9 Å². The fourth-order valence-electron chi connectivity index (χ4n) is 5.99. The van der Waals surface area contributed by atoms with E-state index in [1.165, 1.54) is 12.1 Å².